The average Bonchev–Trinajstić information content (AvgIpc) is 3.17. The minimum Gasteiger partial charge on any atom is -0.480 e. The number of aromatic nitrogens is 1. The van der Waals surface area contributed by atoms with Gasteiger partial charge in [0.05, 0.1) is 5.52 Å². The van der Waals surface area contributed by atoms with Crippen LogP contribution in [0.15, 0.2) is 36.5 Å². The molecule has 1 aromatic carbocycles. The average molecular weight is 242 g/mol. The highest BCUT2D eigenvalue weighted by molar-refractivity contribution is 5.82. The second kappa shape index (κ2) is 4.07. The van der Waals surface area contributed by atoms with Gasteiger partial charge in [0.1, 0.15) is 5.54 Å². The maximum absolute atomic E-state index is 11.0. The van der Waals surface area contributed by atoms with E-state index in [0.717, 1.165) is 16.5 Å². The van der Waals surface area contributed by atoms with E-state index in [0.29, 0.717) is 19.4 Å². The first-order valence-electron chi connectivity index (χ1n) is 6.02. The van der Waals surface area contributed by atoms with Crippen molar-refractivity contribution in [3.8, 4) is 0 Å². The third-order valence-corrected chi connectivity index (χ3v) is 3.44. The molecule has 4 heteroatoms. The lowest BCUT2D eigenvalue weighted by molar-refractivity contribution is -0.140. The van der Waals surface area contributed by atoms with E-state index in [-0.39, 0.29) is 0 Å². The van der Waals surface area contributed by atoms with Crippen molar-refractivity contribution in [3.63, 3.8) is 0 Å². The number of carboxylic acid groups (broad SMARTS) is 1. The van der Waals surface area contributed by atoms with E-state index in [1.807, 2.05) is 30.3 Å². The van der Waals surface area contributed by atoms with E-state index < -0.39 is 11.5 Å². The van der Waals surface area contributed by atoms with Crippen LogP contribution in [-0.2, 0) is 11.3 Å². The lowest BCUT2D eigenvalue weighted by Gasteiger charge is -2.12. The molecule has 2 N–H and O–H groups in total. The number of rotatable bonds is 4. The Hall–Kier alpha value is -1.94. The molecule has 4 nitrogen and oxygen atoms in total. The van der Waals surface area contributed by atoms with Crippen LogP contribution in [0.2, 0.25) is 0 Å². The molecular weight excluding hydrogens is 228 g/mol. The molecule has 0 spiro atoms. The van der Waals surface area contributed by atoms with Crippen LogP contribution < -0.4 is 5.32 Å². The predicted molar refractivity (Wildman–Crippen MR) is 68.2 cm³/mol. The summed E-state index contributed by atoms with van der Waals surface area (Å²) >= 11 is 0. The van der Waals surface area contributed by atoms with Crippen molar-refractivity contribution < 1.29 is 9.90 Å². The van der Waals surface area contributed by atoms with Crippen LogP contribution in [0.1, 0.15) is 18.4 Å². The minimum atomic E-state index is -0.753. The molecule has 1 fully saturated rings. The maximum Gasteiger partial charge on any atom is 0.323 e. The standard InChI is InChI=1S/C14H14N2O2/c17-13(18)14(5-6-14)16-9-10-7-11-3-1-2-4-12(11)15-8-10/h1-4,7-8,16H,5-6,9H2,(H,17,18). The van der Waals surface area contributed by atoms with Gasteiger partial charge in [-0.1, -0.05) is 18.2 Å². The Morgan fingerprint density at radius 2 is 2.17 bits per heavy atom. The zero-order valence-electron chi connectivity index (χ0n) is 9.89. The first-order chi connectivity index (χ1) is 8.70. The molecule has 0 aliphatic heterocycles. The maximum atomic E-state index is 11.0. The van der Waals surface area contributed by atoms with Crippen molar-refractivity contribution in [1.82, 2.24) is 10.3 Å². The van der Waals surface area contributed by atoms with Crippen LogP contribution in [0.5, 0.6) is 0 Å². The monoisotopic (exact) mass is 242 g/mol. The lowest BCUT2D eigenvalue weighted by atomic mass is 10.1. The van der Waals surface area contributed by atoms with Crippen molar-refractivity contribution in [2.24, 2.45) is 0 Å². The number of nitrogens with zero attached hydrogens (tertiary/aromatic N) is 1. The third-order valence-electron chi connectivity index (χ3n) is 3.44. The molecule has 92 valence electrons. The Kier molecular flexibility index (Phi) is 2.52. The van der Waals surface area contributed by atoms with Crippen LogP contribution in [-0.4, -0.2) is 21.6 Å². The fraction of sp³-hybridized carbons (Fsp3) is 0.286. The fourth-order valence-electron chi connectivity index (χ4n) is 2.08. The molecule has 0 bridgehead atoms. The number of benzene rings is 1. The number of para-hydroxylation sites is 1. The van der Waals surface area contributed by atoms with E-state index in [9.17, 15) is 4.79 Å². The van der Waals surface area contributed by atoms with E-state index in [1.165, 1.54) is 0 Å². The number of carbonyl (C=O) groups is 1. The number of pyridine rings is 1. The SMILES string of the molecule is O=C(O)C1(NCc2cnc3ccccc3c2)CC1. The van der Waals surface area contributed by atoms with Crippen LogP contribution in [0.4, 0.5) is 0 Å². The van der Waals surface area contributed by atoms with Gasteiger partial charge in [-0.3, -0.25) is 15.1 Å². The number of aliphatic carboxylic acids is 1. The van der Waals surface area contributed by atoms with Gasteiger partial charge in [0.2, 0.25) is 0 Å². The molecule has 3 rings (SSSR count). The molecular formula is C14H14N2O2. The summed E-state index contributed by atoms with van der Waals surface area (Å²) in [6, 6.07) is 9.95. The highest BCUT2D eigenvalue weighted by Crippen LogP contribution is 2.35. The molecule has 1 saturated carbocycles. The quantitative estimate of drug-likeness (QED) is 0.860. The van der Waals surface area contributed by atoms with Crippen molar-refractivity contribution >= 4 is 16.9 Å². The molecule has 1 aliphatic rings. The summed E-state index contributed by atoms with van der Waals surface area (Å²) in [4.78, 5) is 15.4. The van der Waals surface area contributed by atoms with Gasteiger partial charge in [0.15, 0.2) is 0 Å². The summed E-state index contributed by atoms with van der Waals surface area (Å²) in [5, 5.41) is 13.3. The van der Waals surface area contributed by atoms with Crippen molar-refractivity contribution in [2.75, 3.05) is 0 Å². The minimum absolute atomic E-state index is 0.546. The second-order valence-electron chi connectivity index (χ2n) is 4.78. The van der Waals surface area contributed by atoms with Crippen LogP contribution in [0.25, 0.3) is 10.9 Å². The summed E-state index contributed by atoms with van der Waals surface area (Å²) in [6.45, 7) is 0.546. The summed E-state index contributed by atoms with van der Waals surface area (Å²) in [5.41, 5.74) is 1.29. The number of fused-ring (bicyclic) bond motifs is 1. The Bertz CT molecular complexity index is 606. The zero-order chi connectivity index (χ0) is 12.6. The van der Waals surface area contributed by atoms with Gasteiger partial charge < -0.3 is 5.11 Å². The summed E-state index contributed by atoms with van der Waals surface area (Å²) in [6.07, 6.45) is 3.22. The molecule has 0 atom stereocenters. The molecule has 18 heavy (non-hydrogen) atoms. The highest BCUT2D eigenvalue weighted by Gasteiger charge is 2.49. The number of nitrogens with one attached hydrogen (secondary N) is 1. The Balaban J connectivity index is 1.77. The predicted octanol–water partition coefficient (Wildman–Crippen LogP) is 1.94. The van der Waals surface area contributed by atoms with E-state index >= 15 is 0 Å². The molecule has 1 heterocycles. The van der Waals surface area contributed by atoms with Crippen LogP contribution in [0, 0.1) is 0 Å². The third kappa shape index (κ3) is 1.95. The molecule has 1 aliphatic carbocycles. The largest absolute Gasteiger partial charge is 0.480 e. The van der Waals surface area contributed by atoms with Gasteiger partial charge in [-0.25, -0.2) is 0 Å². The van der Waals surface area contributed by atoms with Gasteiger partial charge in [-0.05, 0) is 30.5 Å². The first-order valence-corrected chi connectivity index (χ1v) is 6.02. The number of hydrogen-bond acceptors (Lipinski definition) is 3. The topological polar surface area (TPSA) is 62.2 Å². The van der Waals surface area contributed by atoms with Crippen molar-refractivity contribution in [1.29, 1.82) is 0 Å². The van der Waals surface area contributed by atoms with Gasteiger partial charge in [0, 0.05) is 18.1 Å². The second-order valence-corrected chi connectivity index (χ2v) is 4.78. The fourth-order valence-corrected chi connectivity index (χ4v) is 2.08. The van der Waals surface area contributed by atoms with E-state index in [4.69, 9.17) is 5.11 Å². The van der Waals surface area contributed by atoms with Crippen molar-refractivity contribution in [2.45, 2.75) is 24.9 Å². The summed E-state index contributed by atoms with van der Waals surface area (Å²) in [7, 11) is 0. The first kappa shape index (κ1) is 11.2. The number of hydrogen-bond donors (Lipinski definition) is 2. The summed E-state index contributed by atoms with van der Waals surface area (Å²) < 4.78 is 0. The smallest absolute Gasteiger partial charge is 0.323 e. The molecule has 0 amide bonds. The summed E-state index contributed by atoms with van der Waals surface area (Å²) in [5.74, 6) is -0.753. The normalized spacial score (nSPS) is 16.7. The van der Waals surface area contributed by atoms with Gasteiger partial charge >= 0.3 is 5.97 Å². The van der Waals surface area contributed by atoms with E-state index in [1.54, 1.807) is 6.20 Å². The zero-order valence-corrected chi connectivity index (χ0v) is 9.89. The van der Waals surface area contributed by atoms with Gasteiger partial charge in [0.25, 0.3) is 0 Å². The van der Waals surface area contributed by atoms with E-state index in [2.05, 4.69) is 10.3 Å². The molecule has 0 saturated heterocycles. The highest BCUT2D eigenvalue weighted by atomic mass is 16.4. The Morgan fingerprint density at radius 3 is 2.89 bits per heavy atom. The molecule has 1 aromatic heterocycles. The van der Waals surface area contributed by atoms with Gasteiger partial charge in [-0.2, -0.15) is 0 Å². The molecule has 0 radical (unpaired) electrons. The molecule has 0 unspecified atom stereocenters. The van der Waals surface area contributed by atoms with Crippen LogP contribution >= 0.6 is 0 Å². The van der Waals surface area contributed by atoms with Crippen molar-refractivity contribution in [3.05, 3.63) is 42.1 Å². The number of carboxylic acids is 1. The van der Waals surface area contributed by atoms with Crippen LogP contribution in [0.3, 0.4) is 0 Å². The Morgan fingerprint density at radius 1 is 1.39 bits per heavy atom. The molecule has 2 aromatic rings. The lowest BCUT2D eigenvalue weighted by Crippen LogP contribution is -2.38. The Labute approximate surface area is 105 Å². The van der Waals surface area contributed by atoms with Gasteiger partial charge in [-0.15, -0.1) is 0 Å².